The third-order valence-corrected chi connectivity index (χ3v) is 2.85. The van der Waals surface area contributed by atoms with Crippen LogP contribution in [0.3, 0.4) is 0 Å². The third-order valence-electron chi connectivity index (χ3n) is 2.85. The van der Waals surface area contributed by atoms with Crippen LogP contribution in [0.1, 0.15) is 29.1 Å². The molecule has 1 aliphatic carbocycles. The van der Waals surface area contributed by atoms with E-state index in [-0.39, 0.29) is 5.69 Å². The summed E-state index contributed by atoms with van der Waals surface area (Å²) in [6, 6.07) is 4.39. The Hall–Kier alpha value is -2.24. The molecule has 0 saturated heterocycles. The lowest BCUT2D eigenvalue weighted by molar-refractivity contribution is 0.0690. The summed E-state index contributed by atoms with van der Waals surface area (Å²) in [5.74, 6) is -0.282. The molecule has 6 heteroatoms. The number of furan rings is 1. The number of carboxylic acids is 1. The minimum atomic E-state index is -1.08. The molecular formula is C12H12N2O4. The van der Waals surface area contributed by atoms with Crippen molar-refractivity contribution in [1.82, 2.24) is 4.98 Å². The molecule has 94 valence electrons. The van der Waals surface area contributed by atoms with Crippen molar-refractivity contribution >= 4 is 12.0 Å². The maximum Gasteiger partial charge on any atom is 0.357 e. The molecule has 3 rings (SSSR count). The Labute approximate surface area is 103 Å². The molecule has 1 fully saturated rings. The highest BCUT2D eigenvalue weighted by atomic mass is 16.4. The van der Waals surface area contributed by atoms with E-state index < -0.39 is 5.97 Å². The highest BCUT2D eigenvalue weighted by molar-refractivity contribution is 5.85. The Kier molecular flexibility index (Phi) is 2.55. The summed E-state index contributed by atoms with van der Waals surface area (Å²) in [6.45, 7) is 0.539. The third kappa shape index (κ3) is 2.09. The Balaban J connectivity index is 1.82. The fourth-order valence-corrected chi connectivity index (χ4v) is 1.80. The molecule has 6 nitrogen and oxygen atoms in total. The lowest BCUT2D eigenvalue weighted by Crippen LogP contribution is -2.25. The first-order chi connectivity index (χ1) is 8.74. The quantitative estimate of drug-likeness (QED) is 0.873. The van der Waals surface area contributed by atoms with Gasteiger partial charge in [-0.1, -0.05) is 0 Å². The molecule has 1 N–H and O–H groups in total. The lowest BCUT2D eigenvalue weighted by Gasteiger charge is -2.18. The number of nitrogens with zero attached hydrogens (tertiary/aromatic N) is 2. The maximum atomic E-state index is 10.8. The monoisotopic (exact) mass is 248 g/mol. The largest absolute Gasteiger partial charge is 0.476 e. The van der Waals surface area contributed by atoms with Crippen molar-refractivity contribution in [1.29, 1.82) is 0 Å². The molecule has 2 aromatic heterocycles. The Morgan fingerprint density at radius 3 is 2.89 bits per heavy atom. The number of oxazole rings is 1. The van der Waals surface area contributed by atoms with Crippen molar-refractivity contribution in [3.8, 4) is 0 Å². The maximum absolute atomic E-state index is 10.8. The van der Waals surface area contributed by atoms with Crippen LogP contribution in [0.15, 0.2) is 33.5 Å². The number of aromatic nitrogens is 1. The second-order valence-corrected chi connectivity index (χ2v) is 4.26. The Morgan fingerprint density at radius 2 is 2.33 bits per heavy atom. The van der Waals surface area contributed by atoms with Crippen molar-refractivity contribution in [2.45, 2.75) is 25.4 Å². The molecule has 0 amide bonds. The van der Waals surface area contributed by atoms with Gasteiger partial charge in [0.1, 0.15) is 12.0 Å². The summed E-state index contributed by atoms with van der Waals surface area (Å²) >= 11 is 0. The van der Waals surface area contributed by atoms with E-state index in [9.17, 15) is 4.79 Å². The Morgan fingerprint density at radius 1 is 1.50 bits per heavy atom. The summed E-state index contributed by atoms with van der Waals surface area (Å²) in [5.41, 5.74) is -0.0740. The summed E-state index contributed by atoms with van der Waals surface area (Å²) < 4.78 is 10.5. The van der Waals surface area contributed by atoms with Gasteiger partial charge in [-0.3, -0.25) is 0 Å². The fourth-order valence-electron chi connectivity index (χ4n) is 1.80. The molecule has 2 heterocycles. The van der Waals surface area contributed by atoms with Crippen molar-refractivity contribution in [3.05, 3.63) is 36.1 Å². The van der Waals surface area contributed by atoms with Crippen LogP contribution in [0.4, 0.5) is 6.01 Å². The van der Waals surface area contributed by atoms with Crippen LogP contribution in [-0.4, -0.2) is 22.1 Å². The second-order valence-electron chi connectivity index (χ2n) is 4.26. The smallest absolute Gasteiger partial charge is 0.357 e. The predicted molar refractivity (Wildman–Crippen MR) is 61.4 cm³/mol. The van der Waals surface area contributed by atoms with E-state index in [1.807, 2.05) is 17.0 Å². The average Bonchev–Trinajstić information content (AvgIpc) is 2.88. The topological polar surface area (TPSA) is 79.7 Å². The molecule has 0 radical (unpaired) electrons. The number of aromatic carboxylic acids is 1. The first-order valence-corrected chi connectivity index (χ1v) is 5.72. The van der Waals surface area contributed by atoms with Crippen molar-refractivity contribution in [2.24, 2.45) is 0 Å². The van der Waals surface area contributed by atoms with E-state index in [1.165, 1.54) is 0 Å². The molecule has 1 saturated carbocycles. The van der Waals surface area contributed by atoms with Gasteiger partial charge >= 0.3 is 5.97 Å². The van der Waals surface area contributed by atoms with Crippen LogP contribution < -0.4 is 4.90 Å². The highest BCUT2D eigenvalue weighted by Gasteiger charge is 2.33. The molecule has 0 atom stereocenters. The molecular weight excluding hydrogens is 236 g/mol. The number of carboxylic acid groups (broad SMARTS) is 1. The fraction of sp³-hybridized carbons (Fsp3) is 0.333. The van der Waals surface area contributed by atoms with Gasteiger partial charge in [-0.25, -0.2) is 4.79 Å². The van der Waals surface area contributed by atoms with Gasteiger partial charge in [-0.15, -0.1) is 0 Å². The van der Waals surface area contributed by atoms with Gasteiger partial charge in [0.25, 0.3) is 6.01 Å². The van der Waals surface area contributed by atoms with E-state index in [0.29, 0.717) is 18.6 Å². The van der Waals surface area contributed by atoms with E-state index in [1.54, 1.807) is 6.26 Å². The molecule has 2 aromatic rings. The lowest BCUT2D eigenvalue weighted by atomic mass is 10.4. The van der Waals surface area contributed by atoms with Gasteiger partial charge in [0, 0.05) is 6.04 Å². The molecule has 0 aromatic carbocycles. The zero-order valence-electron chi connectivity index (χ0n) is 9.57. The average molecular weight is 248 g/mol. The van der Waals surface area contributed by atoms with Crippen molar-refractivity contribution < 1.29 is 18.7 Å². The summed E-state index contributed by atoms with van der Waals surface area (Å²) in [6.07, 6.45) is 4.89. The highest BCUT2D eigenvalue weighted by Crippen LogP contribution is 2.32. The standard InChI is InChI=1S/C12H12N2O4/c15-11(16)10-7-18-12(13-10)14(8-3-4-8)6-9-2-1-5-17-9/h1-2,5,7-8H,3-4,6H2,(H,15,16). The van der Waals surface area contributed by atoms with E-state index >= 15 is 0 Å². The minimum Gasteiger partial charge on any atom is -0.476 e. The molecule has 0 aliphatic heterocycles. The molecule has 18 heavy (non-hydrogen) atoms. The number of hydrogen-bond donors (Lipinski definition) is 1. The van der Waals surface area contributed by atoms with Gasteiger partial charge in [0.2, 0.25) is 0 Å². The van der Waals surface area contributed by atoms with Gasteiger partial charge in [0.05, 0.1) is 12.8 Å². The van der Waals surface area contributed by atoms with Gasteiger partial charge < -0.3 is 18.8 Å². The van der Waals surface area contributed by atoms with E-state index in [4.69, 9.17) is 13.9 Å². The number of anilines is 1. The molecule has 0 spiro atoms. The van der Waals surface area contributed by atoms with Crippen molar-refractivity contribution in [2.75, 3.05) is 4.90 Å². The van der Waals surface area contributed by atoms with Crippen LogP contribution in [-0.2, 0) is 6.54 Å². The van der Waals surface area contributed by atoms with Crippen LogP contribution in [0.2, 0.25) is 0 Å². The molecule has 0 unspecified atom stereocenters. The molecule has 1 aliphatic rings. The van der Waals surface area contributed by atoms with E-state index in [2.05, 4.69) is 4.98 Å². The first-order valence-electron chi connectivity index (χ1n) is 5.72. The van der Waals surface area contributed by atoms with Gasteiger partial charge in [0.15, 0.2) is 5.69 Å². The summed E-state index contributed by atoms with van der Waals surface area (Å²) in [5, 5.41) is 8.83. The van der Waals surface area contributed by atoms with E-state index in [0.717, 1.165) is 24.9 Å². The zero-order chi connectivity index (χ0) is 12.5. The molecule has 0 bridgehead atoms. The van der Waals surface area contributed by atoms with Crippen molar-refractivity contribution in [3.63, 3.8) is 0 Å². The van der Waals surface area contributed by atoms with Gasteiger partial charge in [-0.2, -0.15) is 4.98 Å². The summed E-state index contributed by atoms with van der Waals surface area (Å²) in [7, 11) is 0. The Bertz CT molecular complexity index is 542. The normalized spacial score (nSPS) is 14.7. The van der Waals surface area contributed by atoms with Gasteiger partial charge in [-0.05, 0) is 25.0 Å². The number of rotatable bonds is 5. The van der Waals surface area contributed by atoms with Crippen LogP contribution >= 0.6 is 0 Å². The van der Waals surface area contributed by atoms with Crippen LogP contribution in [0.5, 0.6) is 0 Å². The minimum absolute atomic E-state index is 0.0740. The first kappa shape index (κ1) is 10.9. The predicted octanol–water partition coefficient (Wildman–Crippen LogP) is 2.13. The zero-order valence-corrected chi connectivity index (χ0v) is 9.57. The van der Waals surface area contributed by atoms with Crippen LogP contribution in [0.25, 0.3) is 0 Å². The van der Waals surface area contributed by atoms with Crippen LogP contribution in [0, 0.1) is 0 Å². The number of carbonyl (C=O) groups is 1. The number of hydrogen-bond acceptors (Lipinski definition) is 5. The second kappa shape index (κ2) is 4.21. The SMILES string of the molecule is O=C(O)c1coc(N(Cc2ccco2)C2CC2)n1. The summed E-state index contributed by atoms with van der Waals surface area (Å²) in [4.78, 5) is 16.7.